The van der Waals surface area contributed by atoms with E-state index >= 15 is 0 Å². The average Bonchev–Trinajstić information content (AvgIpc) is 2.92. The third-order valence-corrected chi connectivity index (χ3v) is 8.77. The number of carbonyl (C=O) groups is 1. The van der Waals surface area contributed by atoms with Gasteiger partial charge in [0.15, 0.2) is 5.79 Å². The predicted octanol–water partition coefficient (Wildman–Crippen LogP) is 5.31. The Balaban J connectivity index is 1.65. The van der Waals surface area contributed by atoms with Gasteiger partial charge in [-0.25, -0.2) is 0 Å². The number of ketones is 1. The molecule has 0 aliphatic heterocycles. The summed E-state index contributed by atoms with van der Waals surface area (Å²) < 4.78 is 11.6. The maximum Gasteiger partial charge on any atom is 0.171 e. The summed E-state index contributed by atoms with van der Waals surface area (Å²) >= 11 is 0. The number of fused-ring (bicyclic) bond motifs is 4. The Bertz CT molecular complexity index is 659. The van der Waals surface area contributed by atoms with E-state index in [2.05, 4.69) is 20.4 Å². The number of methoxy groups -OCH3 is 2. The molecule has 27 heavy (non-hydrogen) atoms. The minimum absolute atomic E-state index is 0.0986. The van der Waals surface area contributed by atoms with Gasteiger partial charge in [0.1, 0.15) is 5.78 Å². The van der Waals surface area contributed by atoms with E-state index in [9.17, 15) is 4.79 Å². The molecule has 0 N–H and O–H groups in total. The van der Waals surface area contributed by atoms with Crippen LogP contribution in [0.3, 0.4) is 0 Å². The predicted molar refractivity (Wildman–Crippen MR) is 107 cm³/mol. The number of rotatable bonds is 4. The van der Waals surface area contributed by atoms with Gasteiger partial charge in [0.2, 0.25) is 0 Å². The molecule has 3 nitrogen and oxygen atoms in total. The fourth-order valence-corrected chi connectivity index (χ4v) is 7.38. The van der Waals surface area contributed by atoms with Crippen LogP contribution in [0, 0.1) is 35.0 Å². The maximum absolute atomic E-state index is 13.2. The van der Waals surface area contributed by atoms with Crippen LogP contribution in [0.2, 0.25) is 0 Å². The van der Waals surface area contributed by atoms with E-state index < -0.39 is 5.79 Å². The maximum atomic E-state index is 13.2. The standard InChI is InChI=1S/C24H36O3/c1-6-7-16-13-20-21-15(2)12-17-14-24(26-4,27-5)11-9-18(17)19(21)8-10-23(20,3)22(16)25/h6,15-16,19-21H,1,7-14H2,2-5H3/t15-,16-,19-,20+,21-,23+/m1/s1. The second kappa shape index (κ2) is 6.84. The summed E-state index contributed by atoms with van der Waals surface area (Å²) in [5.74, 6) is 2.83. The largest absolute Gasteiger partial charge is 0.353 e. The molecule has 0 radical (unpaired) electrons. The quantitative estimate of drug-likeness (QED) is 0.495. The minimum atomic E-state index is -0.424. The van der Waals surface area contributed by atoms with Crippen LogP contribution in [0.25, 0.3) is 0 Å². The molecule has 0 amide bonds. The third-order valence-electron chi connectivity index (χ3n) is 8.77. The lowest BCUT2D eigenvalue weighted by Crippen LogP contribution is -2.48. The molecule has 4 aliphatic carbocycles. The highest BCUT2D eigenvalue weighted by molar-refractivity contribution is 5.89. The lowest BCUT2D eigenvalue weighted by atomic mass is 9.51. The van der Waals surface area contributed by atoms with Crippen LogP contribution in [0.1, 0.15) is 65.2 Å². The van der Waals surface area contributed by atoms with Gasteiger partial charge < -0.3 is 9.47 Å². The zero-order valence-corrected chi connectivity index (χ0v) is 17.6. The van der Waals surface area contributed by atoms with Gasteiger partial charge in [-0.2, -0.15) is 0 Å². The van der Waals surface area contributed by atoms with E-state index in [0.29, 0.717) is 29.5 Å². The summed E-state index contributed by atoms with van der Waals surface area (Å²) in [6.45, 7) is 8.60. The number of hydrogen-bond acceptors (Lipinski definition) is 3. The zero-order valence-electron chi connectivity index (χ0n) is 17.6. The van der Waals surface area contributed by atoms with Gasteiger partial charge in [0, 0.05) is 38.4 Å². The monoisotopic (exact) mass is 372 g/mol. The summed E-state index contributed by atoms with van der Waals surface area (Å²) in [5, 5.41) is 0. The van der Waals surface area contributed by atoms with Gasteiger partial charge in [-0.3, -0.25) is 4.79 Å². The Labute approximate surface area is 164 Å². The van der Waals surface area contributed by atoms with Gasteiger partial charge in [-0.05, 0) is 62.2 Å². The van der Waals surface area contributed by atoms with Crippen LogP contribution in [-0.2, 0) is 14.3 Å². The van der Waals surface area contributed by atoms with Crippen LogP contribution in [0.4, 0.5) is 0 Å². The van der Waals surface area contributed by atoms with Crippen LogP contribution in [-0.4, -0.2) is 25.8 Å². The molecule has 150 valence electrons. The first-order valence-corrected chi connectivity index (χ1v) is 10.9. The fourth-order valence-electron chi connectivity index (χ4n) is 7.38. The highest BCUT2D eigenvalue weighted by Crippen LogP contribution is 2.63. The van der Waals surface area contributed by atoms with E-state index in [4.69, 9.17) is 9.47 Å². The summed E-state index contributed by atoms with van der Waals surface area (Å²) in [7, 11) is 3.56. The molecule has 0 heterocycles. The first-order valence-electron chi connectivity index (χ1n) is 10.9. The van der Waals surface area contributed by atoms with Crippen molar-refractivity contribution < 1.29 is 14.3 Å². The van der Waals surface area contributed by atoms with Crippen molar-refractivity contribution in [1.29, 1.82) is 0 Å². The Hall–Kier alpha value is -0.930. The molecule has 0 aromatic rings. The van der Waals surface area contributed by atoms with Crippen LogP contribution in [0.5, 0.6) is 0 Å². The Morgan fingerprint density at radius 2 is 2.00 bits per heavy atom. The molecule has 3 heteroatoms. The first-order chi connectivity index (χ1) is 12.9. The lowest BCUT2D eigenvalue weighted by Gasteiger charge is -2.53. The second-order valence-corrected chi connectivity index (χ2v) is 9.87. The van der Waals surface area contributed by atoms with Crippen molar-refractivity contribution >= 4 is 5.78 Å². The Morgan fingerprint density at radius 3 is 2.67 bits per heavy atom. The van der Waals surface area contributed by atoms with Crippen molar-refractivity contribution in [2.75, 3.05) is 14.2 Å². The van der Waals surface area contributed by atoms with Crippen molar-refractivity contribution in [3.05, 3.63) is 23.8 Å². The molecule has 0 spiro atoms. The van der Waals surface area contributed by atoms with Gasteiger partial charge >= 0.3 is 0 Å². The summed E-state index contributed by atoms with van der Waals surface area (Å²) in [6.07, 6.45) is 10.2. The van der Waals surface area contributed by atoms with Crippen LogP contribution in [0.15, 0.2) is 23.8 Å². The number of allylic oxidation sites excluding steroid dienone is 2. The summed E-state index contributed by atoms with van der Waals surface area (Å²) in [6, 6.07) is 0. The molecular formula is C24H36O3. The SMILES string of the molecule is C=CC[C@@H]1C[C@H]2[C@@H]3[C@H](C)CC4=C(CCC(OC)(OC)C4)[C@H]3CC[C@]2(C)C1=O. The van der Waals surface area contributed by atoms with E-state index in [-0.39, 0.29) is 11.3 Å². The molecule has 6 atom stereocenters. The molecule has 0 aromatic carbocycles. The molecule has 2 saturated carbocycles. The molecular weight excluding hydrogens is 336 g/mol. The van der Waals surface area contributed by atoms with Crippen molar-refractivity contribution in [2.24, 2.45) is 35.0 Å². The number of carbonyl (C=O) groups excluding carboxylic acids is 1. The number of Topliss-reactive ketones (excluding diaryl/α,β-unsaturated/α-hetero) is 1. The highest BCUT2D eigenvalue weighted by Gasteiger charge is 2.59. The van der Waals surface area contributed by atoms with Gasteiger partial charge in [-0.15, -0.1) is 6.58 Å². The van der Waals surface area contributed by atoms with Crippen LogP contribution < -0.4 is 0 Å². The minimum Gasteiger partial charge on any atom is -0.353 e. The zero-order chi connectivity index (χ0) is 19.4. The number of hydrogen-bond donors (Lipinski definition) is 0. The molecule has 4 rings (SSSR count). The summed E-state index contributed by atoms with van der Waals surface area (Å²) in [5.41, 5.74) is 3.19. The van der Waals surface area contributed by atoms with Crippen LogP contribution >= 0.6 is 0 Å². The topological polar surface area (TPSA) is 35.5 Å². The van der Waals surface area contributed by atoms with E-state index in [1.54, 1.807) is 25.4 Å². The molecule has 0 aromatic heterocycles. The molecule has 4 aliphatic rings. The molecule has 0 bridgehead atoms. The van der Waals surface area contributed by atoms with E-state index in [1.165, 1.54) is 6.42 Å². The average molecular weight is 373 g/mol. The Kier molecular flexibility index (Phi) is 4.91. The first kappa shape index (κ1) is 19.4. The van der Waals surface area contributed by atoms with Gasteiger partial charge in [0.05, 0.1) is 0 Å². The lowest BCUT2D eigenvalue weighted by molar-refractivity contribution is -0.213. The van der Waals surface area contributed by atoms with E-state index in [0.717, 1.165) is 44.9 Å². The van der Waals surface area contributed by atoms with Crippen molar-refractivity contribution in [2.45, 2.75) is 71.0 Å². The smallest absolute Gasteiger partial charge is 0.171 e. The summed E-state index contributed by atoms with van der Waals surface area (Å²) in [4.78, 5) is 13.2. The van der Waals surface area contributed by atoms with E-state index in [1.807, 2.05) is 6.08 Å². The van der Waals surface area contributed by atoms with Crippen molar-refractivity contribution in [3.8, 4) is 0 Å². The fraction of sp³-hybridized carbons (Fsp3) is 0.792. The molecule has 0 saturated heterocycles. The molecule has 2 fully saturated rings. The van der Waals surface area contributed by atoms with Crippen molar-refractivity contribution in [3.63, 3.8) is 0 Å². The highest BCUT2D eigenvalue weighted by atomic mass is 16.7. The van der Waals surface area contributed by atoms with Gasteiger partial charge in [0.25, 0.3) is 0 Å². The normalized spacial score (nSPS) is 43.1. The Morgan fingerprint density at radius 1 is 1.26 bits per heavy atom. The van der Waals surface area contributed by atoms with Gasteiger partial charge in [-0.1, -0.05) is 31.1 Å². The molecule has 0 unspecified atom stereocenters. The van der Waals surface area contributed by atoms with Crippen molar-refractivity contribution in [1.82, 2.24) is 0 Å². The number of ether oxygens (including phenoxy) is 2. The third kappa shape index (κ3) is 2.80. The second-order valence-electron chi connectivity index (χ2n) is 9.87.